The first kappa shape index (κ1) is 14.5. The highest BCUT2D eigenvalue weighted by Crippen LogP contribution is 2.25. The van der Waals surface area contributed by atoms with Crippen LogP contribution in [0.1, 0.15) is 13.8 Å². The highest BCUT2D eigenvalue weighted by atomic mass is 32.2. The van der Waals surface area contributed by atoms with Crippen LogP contribution in [0.5, 0.6) is 5.75 Å². The summed E-state index contributed by atoms with van der Waals surface area (Å²) in [6.07, 6.45) is 0. The molecule has 0 aromatic heterocycles. The molecule has 0 saturated carbocycles. The average Bonchev–Trinajstić information content (AvgIpc) is 2.27. The molecule has 1 aromatic rings. The minimum atomic E-state index is -3.90. The van der Waals surface area contributed by atoms with Gasteiger partial charge in [0.05, 0.1) is 12.8 Å². The minimum Gasteiger partial charge on any atom is -0.497 e. The van der Waals surface area contributed by atoms with Gasteiger partial charge in [-0.15, -0.1) is 0 Å². The van der Waals surface area contributed by atoms with Gasteiger partial charge in [-0.05, 0) is 12.1 Å². The minimum absolute atomic E-state index is 0.121. The van der Waals surface area contributed by atoms with E-state index in [9.17, 15) is 13.2 Å². The number of anilines is 1. The van der Waals surface area contributed by atoms with E-state index in [2.05, 4.69) is 5.32 Å². The highest BCUT2D eigenvalue weighted by molar-refractivity contribution is 7.89. The zero-order valence-electron chi connectivity index (χ0n) is 10.4. The van der Waals surface area contributed by atoms with Crippen molar-refractivity contribution in [1.29, 1.82) is 0 Å². The van der Waals surface area contributed by atoms with Crippen molar-refractivity contribution in [3.8, 4) is 5.75 Å². The number of methoxy groups -OCH3 is 1. The molecule has 18 heavy (non-hydrogen) atoms. The Labute approximate surface area is 106 Å². The van der Waals surface area contributed by atoms with E-state index in [0.29, 0.717) is 5.75 Å². The van der Waals surface area contributed by atoms with E-state index in [-0.39, 0.29) is 22.4 Å². The zero-order valence-corrected chi connectivity index (χ0v) is 11.2. The summed E-state index contributed by atoms with van der Waals surface area (Å²) < 4.78 is 27.8. The normalized spacial score (nSPS) is 11.4. The second-order valence-corrected chi connectivity index (χ2v) is 5.58. The van der Waals surface area contributed by atoms with Crippen LogP contribution in [0.4, 0.5) is 5.69 Å². The first-order valence-corrected chi connectivity index (χ1v) is 6.82. The van der Waals surface area contributed by atoms with Crippen molar-refractivity contribution in [1.82, 2.24) is 0 Å². The molecule has 0 atom stereocenters. The molecule has 1 rings (SSSR count). The quantitative estimate of drug-likeness (QED) is 0.852. The first-order valence-electron chi connectivity index (χ1n) is 5.27. The summed E-state index contributed by atoms with van der Waals surface area (Å²) in [5.41, 5.74) is 0.121. The lowest BCUT2D eigenvalue weighted by molar-refractivity contribution is -0.118. The molecule has 3 N–H and O–H groups in total. The van der Waals surface area contributed by atoms with Gasteiger partial charge in [-0.2, -0.15) is 0 Å². The molecule has 0 bridgehead atoms. The lowest BCUT2D eigenvalue weighted by Gasteiger charge is -2.12. The van der Waals surface area contributed by atoms with Crippen molar-refractivity contribution in [2.45, 2.75) is 18.7 Å². The van der Waals surface area contributed by atoms with Gasteiger partial charge in [-0.25, -0.2) is 13.6 Å². The number of hydrogen-bond donors (Lipinski definition) is 2. The molecule has 0 spiro atoms. The number of carbonyl (C=O) groups is 1. The average molecular weight is 272 g/mol. The van der Waals surface area contributed by atoms with Crippen LogP contribution in [-0.2, 0) is 14.8 Å². The van der Waals surface area contributed by atoms with Gasteiger partial charge in [0.1, 0.15) is 10.6 Å². The summed E-state index contributed by atoms with van der Waals surface area (Å²) in [4.78, 5) is 11.5. The van der Waals surface area contributed by atoms with Crippen molar-refractivity contribution in [2.24, 2.45) is 11.1 Å². The highest BCUT2D eigenvalue weighted by Gasteiger charge is 2.17. The van der Waals surface area contributed by atoms with E-state index in [0.717, 1.165) is 0 Å². The van der Waals surface area contributed by atoms with Crippen LogP contribution in [0.3, 0.4) is 0 Å². The number of nitrogens with one attached hydrogen (secondary N) is 1. The van der Waals surface area contributed by atoms with Crippen molar-refractivity contribution in [2.75, 3.05) is 12.4 Å². The molecule has 7 heteroatoms. The number of rotatable bonds is 4. The second kappa shape index (κ2) is 5.36. The Morgan fingerprint density at radius 2 is 2.00 bits per heavy atom. The van der Waals surface area contributed by atoms with Gasteiger partial charge in [0.2, 0.25) is 15.9 Å². The van der Waals surface area contributed by atoms with E-state index in [4.69, 9.17) is 9.88 Å². The Morgan fingerprint density at radius 1 is 1.39 bits per heavy atom. The van der Waals surface area contributed by atoms with Crippen LogP contribution in [0, 0.1) is 5.92 Å². The van der Waals surface area contributed by atoms with Crippen molar-refractivity contribution in [3.63, 3.8) is 0 Å². The molecule has 100 valence electrons. The number of benzene rings is 1. The fraction of sp³-hybridized carbons (Fsp3) is 0.364. The lowest BCUT2D eigenvalue weighted by atomic mass is 10.2. The van der Waals surface area contributed by atoms with Gasteiger partial charge in [-0.3, -0.25) is 4.79 Å². The molecule has 0 aliphatic carbocycles. The number of sulfonamides is 1. The first-order chi connectivity index (χ1) is 8.25. The van der Waals surface area contributed by atoms with Gasteiger partial charge in [-0.1, -0.05) is 13.8 Å². The van der Waals surface area contributed by atoms with Crippen LogP contribution in [0.25, 0.3) is 0 Å². The second-order valence-electron chi connectivity index (χ2n) is 4.05. The Bertz CT molecular complexity index is 552. The van der Waals surface area contributed by atoms with E-state index >= 15 is 0 Å². The van der Waals surface area contributed by atoms with E-state index in [1.54, 1.807) is 13.8 Å². The van der Waals surface area contributed by atoms with E-state index < -0.39 is 10.0 Å². The number of carbonyl (C=O) groups excluding carboxylic acids is 1. The maximum Gasteiger partial charge on any atom is 0.240 e. The molecule has 0 aliphatic rings. The third kappa shape index (κ3) is 3.44. The van der Waals surface area contributed by atoms with Crippen molar-refractivity contribution in [3.05, 3.63) is 18.2 Å². The van der Waals surface area contributed by atoms with Crippen LogP contribution < -0.4 is 15.2 Å². The molecule has 0 heterocycles. The predicted molar refractivity (Wildman–Crippen MR) is 67.8 cm³/mol. The Morgan fingerprint density at radius 3 is 2.44 bits per heavy atom. The van der Waals surface area contributed by atoms with Gasteiger partial charge in [0, 0.05) is 12.0 Å². The third-order valence-electron chi connectivity index (χ3n) is 2.28. The molecular weight excluding hydrogens is 256 g/mol. The molecule has 0 unspecified atom stereocenters. The molecule has 0 fully saturated rings. The van der Waals surface area contributed by atoms with E-state index in [1.165, 1.54) is 25.3 Å². The number of amides is 1. The van der Waals surface area contributed by atoms with Gasteiger partial charge >= 0.3 is 0 Å². The maximum atomic E-state index is 11.6. The van der Waals surface area contributed by atoms with Gasteiger partial charge in [0.15, 0.2) is 0 Å². The van der Waals surface area contributed by atoms with Gasteiger partial charge in [0.25, 0.3) is 0 Å². The summed E-state index contributed by atoms with van der Waals surface area (Å²) in [5.74, 6) is -0.140. The predicted octanol–water partition coefficient (Wildman–Crippen LogP) is 0.937. The molecule has 1 amide bonds. The Hall–Kier alpha value is -1.60. The Balaban J connectivity index is 3.25. The summed E-state index contributed by atoms with van der Waals surface area (Å²) in [6, 6.07) is 4.18. The summed E-state index contributed by atoms with van der Waals surface area (Å²) in [7, 11) is -2.46. The molecule has 0 aliphatic heterocycles. The summed E-state index contributed by atoms with van der Waals surface area (Å²) in [6.45, 7) is 3.40. The smallest absolute Gasteiger partial charge is 0.240 e. The number of primary sulfonamides is 1. The number of nitrogens with two attached hydrogens (primary N) is 1. The standard InChI is InChI=1S/C11H16N2O4S/c1-7(2)11(14)13-9-6-8(17-3)4-5-10(9)18(12,15)16/h4-7H,1-3H3,(H,13,14)(H2,12,15,16). The maximum absolute atomic E-state index is 11.6. The monoisotopic (exact) mass is 272 g/mol. The van der Waals surface area contributed by atoms with Crippen molar-refractivity contribution < 1.29 is 17.9 Å². The lowest BCUT2D eigenvalue weighted by Crippen LogP contribution is -2.21. The summed E-state index contributed by atoms with van der Waals surface area (Å²) >= 11 is 0. The van der Waals surface area contributed by atoms with Crippen LogP contribution >= 0.6 is 0 Å². The van der Waals surface area contributed by atoms with Gasteiger partial charge < -0.3 is 10.1 Å². The molecule has 0 radical (unpaired) electrons. The third-order valence-corrected chi connectivity index (χ3v) is 3.24. The Kier molecular flexibility index (Phi) is 4.31. The number of hydrogen-bond acceptors (Lipinski definition) is 4. The number of ether oxygens (including phenoxy) is 1. The topological polar surface area (TPSA) is 98.5 Å². The molecule has 0 saturated heterocycles. The SMILES string of the molecule is COc1ccc(S(N)(=O)=O)c(NC(=O)C(C)C)c1. The molecule has 6 nitrogen and oxygen atoms in total. The zero-order chi connectivity index (χ0) is 13.9. The van der Waals surface area contributed by atoms with Crippen LogP contribution in [0.15, 0.2) is 23.1 Å². The fourth-order valence-electron chi connectivity index (χ4n) is 1.26. The summed E-state index contributed by atoms with van der Waals surface area (Å²) in [5, 5.41) is 7.59. The molecule has 1 aromatic carbocycles. The molecular formula is C11H16N2O4S. The largest absolute Gasteiger partial charge is 0.497 e. The van der Waals surface area contributed by atoms with E-state index in [1.807, 2.05) is 0 Å². The fourth-order valence-corrected chi connectivity index (χ4v) is 1.93. The van der Waals surface area contributed by atoms with Crippen LogP contribution in [0.2, 0.25) is 0 Å². The van der Waals surface area contributed by atoms with Crippen molar-refractivity contribution >= 4 is 21.6 Å². The van der Waals surface area contributed by atoms with Crippen LogP contribution in [-0.4, -0.2) is 21.4 Å².